The zero-order valence-electron chi connectivity index (χ0n) is 8.14. The molecule has 0 fully saturated rings. The topological polar surface area (TPSA) is 57.4 Å². The number of methoxy groups -OCH3 is 1. The predicted molar refractivity (Wildman–Crippen MR) is 59.4 cm³/mol. The van der Waals surface area contributed by atoms with Gasteiger partial charge in [0, 0.05) is 16.5 Å². The number of rotatable bonds is 3. The van der Waals surface area contributed by atoms with Crippen LogP contribution in [0.2, 0.25) is 0 Å². The van der Waals surface area contributed by atoms with E-state index in [1.807, 2.05) is 24.3 Å². The molecule has 2 aromatic rings. The average Bonchev–Trinajstić information content (AvgIpc) is 2.29. The number of benzene rings is 1. The molecule has 0 aliphatic rings. The second-order valence-corrected chi connectivity index (χ2v) is 3.64. The Hall–Kier alpha value is -1.30. The van der Waals surface area contributed by atoms with Gasteiger partial charge in [-0.3, -0.25) is 4.98 Å². The van der Waals surface area contributed by atoms with Crippen LogP contribution in [0.15, 0.2) is 35.4 Å². The Kier molecular flexibility index (Phi) is 3.05. The number of ether oxygens (including phenoxy) is 1. The number of para-hydroxylation sites is 1. The van der Waals surface area contributed by atoms with Crippen molar-refractivity contribution >= 4 is 22.9 Å². The number of aromatic nitrogens is 1. The predicted octanol–water partition coefficient (Wildman–Crippen LogP) is 2.14. The highest BCUT2D eigenvalue weighted by molar-refractivity contribution is 7.94. The third-order valence-corrected chi connectivity index (χ3v) is 2.68. The number of fused-ring (bicyclic) bond motifs is 1. The third kappa shape index (κ3) is 1.90. The van der Waals surface area contributed by atoms with Crippen molar-refractivity contribution in [1.29, 1.82) is 0 Å². The zero-order valence-corrected chi connectivity index (χ0v) is 8.95. The molecule has 1 aromatic carbocycles. The Morgan fingerprint density at radius 3 is 2.93 bits per heavy atom. The first kappa shape index (κ1) is 10.2. The summed E-state index contributed by atoms with van der Waals surface area (Å²) in [5.74, 6) is 5.78. The fourth-order valence-electron chi connectivity index (χ4n) is 1.41. The maximum Gasteiger partial charge on any atom is 0.145 e. The number of nitrogens with zero attached hydrogens (tertiary/aromatic N) is 1. The molecule has 0 spiro atoms. The van der Waals surface area contributed by atoms with Crippen LogP contribution in [-0.2, 0) is 4.28 Å². The van der Waals surface area contributed by atoms with Crippen LogP contribution in [0.5, 0.6) is 5.75 Å². The van der Waals surface area contributed by atoms with Crippen molar-refractivity contribution in [1.82, 2.24) is 4.98 Å². The van der Waals surface area contributed by atoms with Gasteiger partial charge in [0.05, 0.1) is 19.2 Å². The van der Waals surface area contributed by atoms with Crippen LogP contribution in [0.4, 0.5) is 0 Å². The van der Waals surface area contributed by atoms with E-state index in [2.05, 4.69) is 9.27 Å². The molecule has 5 heteroatoms. The van der Waals surface area contributed by atoms with Crippen LogP contribution in [-0.4, -0.2) is 12.1 Å². The van der Waals surface area contributed by atoms with Gasteiger partial charge in [-0.15, -0.1) is 0 Å². The Morgan fingerprint density at radius 2 is 2.20 bits per heavy atom. The van der Waals surface area contributed by atoms with E-state index in [4.69, 9.17) is 10.6 Å². The summed E-state index contributed by atoms with van der Waals surface area (Å²) in [6.45, 7) is 0. The van der Waals surface area contributed by atoms with Crippen molar-refractivity contribution in [3.05, 3.63) is 30.5 Å². The molecule has 0 saturated carbocycles. The lowest BCUT2D eigenvalue weighted by Gasteiger charge is -2.06. The lowest BCUT2D eigenvalue weighted by atomic mass is 10.2. The summed E-state index contributed by atoms with van der Waals surface area (Å²) in [4.78, 5) is 5.18. The molecule has 2 N–H and O–H groups in total. The van der Waals surface area contributed by atoms with Gasteiger partial charge in [0.2, 0.25) is 0 Å². The maximum absolute atomic E-state index is 5.22. The zero-order chi connectivity index (χ0) is 10.7. The van der Waals surface area contributed by atoms with E-state index in [1.54, 1.807) is 13.3 Å². The van der Waals surface area contributed by atoms with Crippen molar-refractivity contribution in [3.63, 3.8) is 0 Å². The molecule has 0 aliphatic heterocycles. The molecule has 0 unspecified atom stereocenters. The molecule has 0 amide bonds. The smallest absolute Gasteiger partial charge is 0.145 e. The fraction of sp³-hybridized carbons (Fsp3) is 0.100. The molecular formula is C10H10N2O2S. The molecule has 2 rings (SSSR count). The lowest BCUT2D eigenvalue weighted by molar-refractivity contribution is 0.398. The quantitative estimate of drug-likeness (QED) is 0.637. The Labute approximate surface area is 91.6 Å². The second-order valence-electron chi connectivity index (χ2n) is 2.85. The summed E-state index contributed by atoms with van der Waals surface area (Å²) >= 11 is 1.11. The Balaban J connectivity index is 2.65. The summed E-state index contributed by atoms with van der Waals surface area (Å²) in [6, 6.07) is 7.57. The highest BCUT2D eigenvalue weighted by atomic mass is 32.2. The van der Waals surface area contributed by atoms with E-state index < -0.39 is 0 Å². The van der Waals surface area contributed by atoms with Gasteiger partial charge in [-0.05, 0) is 12.1 Å². The van der Waals surface area contributed by atoms with E-state index >= 15 is 0 Å². The van der Waals surface area contributed by atoms with Crippen LogP contribution in [0.3, 0.4) is 0 Å². The fourth-order valence-corrected chi connectivity index (χ4v) is 1.89. The molecule has 0 bridgehead atoms. The van der Waals surface area contributed by atoms with Gasteiger partial charge in [0.1, 0.15) is 11.3 Å². The maximum atomic E-state index is 5.22. The van der Waals surface area contributed by atoms with Gasteiger partial charge < -0.3 is 4.74 Å². The van der Waals surface area contributed by atoms with E-state index in [0.29, 0.717) is 0 Å². The van der Waals surface area contributed by atoms with Crippen molar-refractivity contribution in [2.24, 2.45) is 5.90 Å². The molecule has 1 aromatic heterocycles. The molecule has 0 aliphatic carbocycles. The average molecular weight is 222 g/mol. The van der Waals surface area contributed by atoms with Crippen LogP contribution >= 0.6 is 12.0 Å². The van der Waals surface area contributed by atoms with Crippen LogP contribution in [0.1, 0.15) is 0 Å². The van der Waals surface area contributed by atoms with E-state index in [9.17, 15) is 0 Å². The molecular weight excluding hydrogens is 212 g/mol. The minimum atomic E-state index is 0.743. The van der Waals surface area contributed by atoms with Crippen molar-refractivity contribution in [2.45, 2.75) is 4.90 Å². The number of hydrogen-bond donors (Lipinski definition) is 1. The van der Waals surface area contributed by atoms with Crippen molar-refractivity contribution < 1.29 is 9.02 Å². The SMILES string of the molecule is COc1cccc2c(SON)ccnc12. The van der Waals surface area contributed by atoms with Gasteiger partial charge >= 0.3 is 0 Å². The van der Waals surface area contributed by atoms with Crippen LogP contribution in [0.25, 0.3) is 10.9 Å². The summed E-state index contributed by atoms with van der Waals surface area (Å²) in [7, 11) is 1.62. The summed E-state index contributed by atoms with van der Waals surface area (Å²) in [5, 5.41) is 0.965. The molecule has 0 atom stereocenters. The van der Waals surface area contributed by atoms with Crippen LogP contribution < -0.4 is 10.6 Å². The third-order valence-electron chi connectivity index (χ3n) is 2.05. The lowest BCUT2D eigenvalue weighted by Crippen LogP contribution is -1.91. The van der Waals surface area contributed by atoms with Crippen molar-refractivity contribution in [3.8, 4) is 5.75 Å². The van der Waals surface area contributed by atoms with E-state index in [-0.39, 0.29) is 0 Å². The van der Waals surface area contributed by atoms with Gasteiger partial charge in [0.25, 0.3) is 0 Å². The molecule has 0 radical (unpaired) electrons. The minimum Gasteiger partial charge on any atom is -0.494 e. The number of nitrogens with two attached hydrogens (primary N) is 1. The van der Waals surface area contributed by atoms with E-state index in [0.717, 1.165) is 33.6 Å². The molecule has 1 heterocycles. The summed E-state index contributed by atoms with van der Waals surface area (Å²) in [5.41, 5.74) is 0.807. The summed E-state index contributed by atoms with van der Waals surface area (Å²) < 4.78 is 9.77. The normalized spacial score (nSPS) is 10.5. The van der Waals surface area contributed by atoms with Gasteiger partial charge in [0.15, 0.2) is 0 Å². The summed E-state index contributed by atoms with van der Waals surface area (Å²) in [6.07, 6.45) is 1.70. The molecule has 4 nitrogen and oxygen atoms in total. The van der Waals surface area contributed by atoms with E-state index in [1.165, 1.54) is 0 Å². The molecule has 78 valence electrons. The number of hydrogen-bond acceptors (Lipinski definition) is 5. The molecule has 0 saturated heterocycles. The highest BCUT2D eigenvalue weighted by Gasteiger charge is 2.06. The van der Waals surface area contributed by atoms with Gasteiger partial charge in [-0.1, -0.05) is 12.1 Å². The Morgan fingerprint density at radius 1 is 1.33 bits per heavy atom. The largest absolute Gasteiger partial charge is 0.494 e. The first-order chi connectivity index (χ1) is 7.36. The van der Waals surface area contributed by atoms with Gasteiger partial charge in [-0.25, -0.2) is 10.2 Å². The second kappa shape index (κ2) is 4.48. The molecule has 15 heavy (non-hydrogen) atoms. The highest BCUT2D eigenvalue weighted by Crippen LogP contribution is 2.30. The monoisotopic (exact) mass is 222 g/mol. The Bertz CT molecular complexity index is 476. The minimum absolute atomic E-state index is 0.743. The first-order valence-corrected chi connectivity index (χ1v) is 5.06. The van der Waals surface area contributed by atoms with Gasteiger partial charge in [-0.2, -0.15) is 0 Å². The standard InChI is InChI=1S/C10H10N2O2S/c1-13-8-4-2-3-7-9(15-14-11)5-6-12-10(7)8/h2-6H,11H2,1H3. The van der Waals surface area contributed by atoms with Crippen LogP contribution in [0, 0.1) is 0 Å². The first-order valence-electron chi connectivity index (χ1n) is 4.32. The number of pyridine rings is 1. The van der Waals surface area contributed by atoms with Crippen molar-refractivity contribution in [2.75, 3.05) is 7.11 Å².